The number of amides is 2. The third kappa shape index (κ3) is 5.73. The van der Waals surface area contributed by atoms with E-state index >= 15 is 0 Å². The van der Waals surface area contributed by atoms with Gasteiger partial charge in [0.15, 0.2) is 0 Å². The van der Waals surface area contributed by atoms with Gasteiger partial charge in [0.05, 0.1) is 6.61 Å². The summed E-state index contributed by atoms with van der Waals surface area (Å²) in [5, 5.41) is 3.29. The highest BCUT2D eigenvalue weighted by Crippen LogP contribution is 2.24. The summed E-state index contributed by atoms with van der Waals surface area (Å²) in [6, 6.07) is 5.36. The van der Waals surface area contributed by atoms with E-state index in [-0.39, 0.29) is 18.2 Å². The summed E-state index contributed by atoms with van der Waals surface area (Å²) in [5.74, 6) is -0.233. The number of nitrogens with one attached hydrogen (secondary N) is 1. The standard InChI is InChI=1S/C15H21ClN2O3/c1-11-4-5-13(16)10-14(11)18(12(2)19)8-6-15(20)17-7-9-21-3/h4-5,10H,6-9H2,1-3H3,(H,17,20). The lowest BCUT2D eigenvalue weighted by Crippen LogP contribution is -2.35. The van der Waals surface area contributed by atoms with Gasteiger partial charge in [0.1, 0.15) is 0 Å². The van der Waals surface area contributed by atoms with Crippen molar-refractivity contribution in [3.05, 3.63) is 28.8 Å². The second-order valence-electron chi connectivity index (χ2n) is 4.69. The van der Waals surface area contributed by atoms with Crippen LogP contribution in [0.15, 0.2) is 18.2 Å². The highest BCUT2D eigenvalue weighted by Gasteiger charge is 2.15. The largest absolute Gasteiger partial charge is 0.383 e. The van der Waals surface area contributed by atoms with Crippen molar-refractivity contribution in [1.82, 2.24) is 5.32 Å². The summed E-state index contributed by atoms with van der Waals surface area (Å²) in [6.07, 6.45) is 0.231. The molecule has 0 unspecified atom stereocenters. The van der Waals surface area contributed by atoms with Gasteiger partial charge in [-0.15, -0.1) is 0 Å². The van der Waals surface area contributed by atoms with E-state index in [9.17, 15) is 9.59 Å². The van der Waals surface area contributed by atoms with E-state index in [1.54, 1.807) is 24.1 Å². The summed E-state index contributed by atoms with van der Waals surface area (Å²) in [4.78, 5) is 25.1. The molecule has 0 spiro atoms. The summed E-state index contributed by atoms with van der Waals surface area (Å²) >= 11 is 5.98. The van der Waals surface area contributed by atoms with Crippen molar-refractivity contribution in [2.24, 2.45) is 0 Å². The van der Waals surface area contributed by atoms with E-state index in [1.165, 1.54) is 6.92 Å². The van der Waals surface area contributed by atoms with Gasteiger partial charge in [-0.3, -0.25) is 9.59 Å². The molecule has 1 aromatic carbocycles. The average Bonchev–Trinajstić information content (AvgIpc) is 2.42. The fourth-order valence-electron chi connectivity index (χ4n) is 1.92. The number of methoxy groups -OCH3 is 1. The lowest BCUT2D eigenvalue weighted by atomic mass is 10.1. The number of nitrogens with zero attached hydrogens (tertiary/aromatic N) is 1. The zero-order valence-corrected chi connectivity index (χ0v) is 13.4. The first kappa shape index (κ1) is 17.5. The zero-order chi connectivity index (χ0) is 15.8. The lowest BCUT2D eigenvalue weighted by molar-refractivity contribution is -0.121. The Morgan fingerprint density at radius 3 is 2.71 bits per heavy atom. The molecule has 0 aliphatic rings. The van der Waals surface area contributed by atoms with Gasteiger partial charge in [0.2, 0.25) is 11.8 Å². The van der Waals surface area contributed by atoms with E-state index in [4.69, 9.17) is 16.3 Å². The SMILES string of the molecule is COCCNC(=O)CCN(C(C)=O)c1cc(Cl)ccc1C. The molecule has 0 aromatic heterocycles. The molecule has 0 saturated carbocycles. The number of carbonyl (C=O) groups excluding carboxylic acids is 2. The summed E-state index contributed by atoms with van der Waals surface area (Å²) in [7, 11) is 1.57. The average molecular weight is 313 g/mol. The fraction of sp³-hybridized carbons (Fsp3) is 0.467. The fourth-order valence-corrected chi connectivity index (χ4v) is 2.08. The van der Waals surface area contributed by atoms with E-state index in [1.807, 2.05) is 13.0 Å². The van der Waals surface area contributed by atoms with Crippen LogP contribution < -0.4 is 10.2 Å². The predicted octanol–water partition coefficient (Wildman–Crippen LogP) is 2.15. The molecule has 0 radical (unpaired) electrons. The normalized spacial score (nSPS) is 10.3. The molecular weight excluding hydrogens is 292 g/mol. The van der Waals surface area contributed by atoms with E-state index in [2.05, 4.69) is 5.32 Å². The molecule has 0 bridgehead atoms. The number of carbonyl (C=O) groups is 2. The van der Waals surface area contributed by atoms with Crippen molar-refractivity contribution in [3.8, 4) is 0 Å². The van der Waals surface area contributed by atoms with Crippen molar-refractivity contribution >= 4 is 29.1 Å². The van der Waals surface area contributed by atoms with Gasteiger partial charge in [0.25, 0.3) is 0 Å². The summed E-state index contributed by atoms with van der Waals surface area (Å²) in [6.45, 7) is 4.62. The molecule has 21 heavy (non-hydrogen) atoms. The lowest BCUT2D eigenvalue weighted by Gasteiger charge is -2.23. The summed E-state index contributed by atoms with van der Waals surface area (Å²) in [5.41, 5.74) is 1.68. The van der Waals surface area contributed by atoms with Gasteiger partial charge < -0.3 is 15.0 Å². The molecule has 0 aliphatic carbocycles. The number of aryl methyl sites for hydroxylation is 1. The van der Waals surface area contributed by atoms with Crippen molar-refractivity contribution in [1.29, 1.82) is 0 Å². The van der Waals surface area contributed by atoms with Crippen molar-refractivity contribution in [2.45, 2.75) is 20.3 Å². The van der Waals surface area contributed by atoms with Gasteiger partial charge in [-0.05, 0) is 24.6 Å². The second kappa shape index (κ2) is 8.64. The van der Waals surface area contributed by atoms with Gasteiger partial charge in [0, 0.05) is 44.3 Å². The highest BCUT2D eigenvalue weighted by atomic mass is 35.5. The third-order valence-electron chi connectivity index (χ3n) is 3.03. The molecule has 0 atom stereocenters. The maximum atomic E-state index is 11.8. The molecule has 116 valence electrons. The first-order valence-electron chi connectivity index (χ1n) is 6.75. The maximum Gasteiger partial charge on any atom is 0.223 e. The highest BCUT2D eigenvalue weighted by molar-refractivity contribution is 6.31. The third-order valence-corrected chi connectivity index (χ3v) is 3.27. The van der Waals surface area contributed by atoms with Crippen LogP contribution in [0.1, 0.15) is 18.9 Å². The Morgan fingerprint density at radius 2 is 2.10 bits per heavy atom. The molecule has 0 heterocycles. The number of ether oxygens (including phenoxy) is 1. The van der Waals surface area contributed by atoms with Gasteiger partial charge in [-0.1, -0.05) is 17.7 Å². The minimum Gasteiger partial charge on any atom is -0.383 e. The number of hydrogen-bond acceptors (Lipinski definition) is 3. The van der Waals surface area contributed by atoms with Crippen LogP contribution >= 0.6 is 11.6 Å². The Hall–Kier alpha value is -1.59. The van der Waals surface area contributed by atoms with Gasteiger partial charge in [-0.2, -0.15) is 0 Å². The van der Waals surface area contributed by atoms with Crippen LogP contribution in [0.5, 0.6) is 0 Å². The topological polar surface area (TPSA) is 58.6 Å². The van der Waals surface area contributed by atoms with Crippen LogP contribution in [-0.2, 0) is 14.3 Å². The number of anilines is 1. The van der Waals surface area contributed by atoms with Crippen LogP contribution in [-0.4, -0.2) is 38.6 Å². The predicted molar refractivity (Wildman–Crippen MR) is 83.7 cm³/mol. The van der Waals surface area contributed by atoms with E-state index in [0.717, 1.165) is 11.3 Å². The Kier molecular flexibility index (Phi) is 7.19. The minimum atomic E-state index is -0.120. The van der Waals surface area contributed by atoms with Crippen molar-refractivity contribution < 1.29 is 14.3 Å². The Bertz CT molecular complexity index is 506. The molecule has 2 amide bonds. The molecule has 6 heteroatoms. The van der Waals surface area contributed by atoms with E-state index in [0.29, 0.717) is 24.7 Å². The number of benzene rings is 1. The molecule has 0 aliphatic heterocycles. The molecule has 0 fully saturated rings. The van der Waals surface area contributed by atoms with Crippen LogP contribution in [0, 0.1) is 6.92 Å². The van der Waals surface area contributed by atoms with Crippen molar-refractivity contribution in [3.63, 3.8) is 0 Å². The van der Waals surface area contributed by atoms with Crippen LogP contribution in [0.3, 0.4) is 0 Å². The Morgan fingerprint density at radius 1 is 1.38 bits per heavy atom. The van der Waals surface area contributed by atoms with Gasteiger partial charge >= 0.3 is 0 Å². The van der Waals surface area contributed by atoms with Crippen LogP contribution in [0.4, 0.5) is 5.69 Å². The summed E-state index contributed by atoms with van der Waals surface area (Å²) < 4.78 is 4.86. The van der Waals surface area contributed by atoms with Crippen LogP contribution in [0.2, 0.25) is 5.02 Å². The first-order chi connectivity index (χ1) is 9.95. The molecule has 1 rings (SSSR count). The second-order valence-corrected chi connectivity index (χ2v) is 5.13. The van der Waals surface area contributed by atoms with Gasteiger partial charge in [-0.25, -0.2) is 0 Å². The Balaban J connectivity index is 2.68. The molecule has 5 nitrogen and oxygen atoms in total. The van der Waals surface area contributed by atoms with Crippen molar-refractivity contribution in [2.75, 3.05) is 31.7 Å². The number of halogens is 1. The molecule has 1 N–H and O–H groups in total. The molecule has 0 saturated heterocycles. The van der Waals surface area contributed by atoms with E-state index < -0.39 is 0 Å². The number of rotatable bonds is 7. The first-order valence-corrected chi connectivity index (χ1v) is 7.13. The smallest absolute Gasteiger partial charge is 0.223 e. The molecule has 1 aromatic rings. The van der Waals surface area contributed by atoms with Crippen LogP contribution in [0.25, 0.3) is 0 Å². The quantitative estimate of drug-likeness (QED) is 0.785. The minimum absolute atomic E-state index is 0.113. The molecular formula is C15H21ClN2O3. The maximum absolute atomic E-state index is 11.8. The number of hydrogen-bond donors (Lipinski definition) is 1. The zero-order valence-electron chi connectivity index (χ0n) is 12.6. The monoisotopic (exact) mass is 312 g/mol. The Labute approximate surface area is 130 Å².